The summed E-state index contributed by atoms with van der Waals surface area (Å²) >= 11 is 0. The van der Waals surface area contributed by atoms with Gasteiger partial charge >= 0.3 is 0 Å². The molecule has 5 rings (SSSR count). The van der Waals surface area contributed by atoms with Gasteiger partial charge in [0.1, 0.15) is 22.9 Å². The second kappa shape index (κ2) is 9.85. The molecule has 8 heteroatoms. The van der Waals surface area contributed by atoms with Crippen molar-refractivity contribution >= 4 is 28.7 Å². The zero-order chi connectivity index (χ0) is 28.1. The Kier molecular flexibility index (Phi) is 6.68. The summed E-state index contributed by atoms with van der Waals surface area (Å²) in [6.07, 6.45) is 0.746. The maximum Gasteiger partial charge on any atom is 0.261 e. The summed E-state index contributed by atoms with van der Waals surface area (Å²) in [4.78, 5) is 40.8. The molecule has 4 aromatic rings. The number of aliphatic hydroxyl groups is 1. The van der Waals surface area contributed by atoms with E-state index in [4.69, 9.17) is 4.42 Å². The zero-order valence-electron chi connectivity index (χ0n) is 22.8. The van der Waals surface area contributed by atoms with Gasteiger partial charge in [-0.2, -0.15) is 0 Å². The van der Waals surface area contributed by atoms with E-state index in [0.717, 1.165) is 23.3 Å². The van der Waals surface area contributed by atoms with Crippen LogP contribution in [0.25, 0.3) is 0 Å². The summed E-state index contributed by atoms with van der Waals surface area (Å²) in [5.74, 6) is 1.29. The smallest absolute Gasteiger partial charge is 0.261 e. The first kappa shape index (κ1) is 26.4. The number of rotatable bonds is 8. The Balaban J connectivity index is 1.50. The summed E-state index contributed by atoms with van der Waals surface area (Å²) in [5, 5.41) is 16.2. The highest BCUT2D eigenvalue weighted by Gasteiger charge is 2.36. The molecule has 0 fully saturated rings. The Morgan fingerprint density at radius 3 is 2.38 bits per heavy atom. The molecular weight excluding hydrogens is 494 g/mol. The molecule has 2 heterocycles. The molecule has 3 N–H and O–H groups in total. The van der Waals surface area contributed by atoms with Crippen LogP contribution in [0, 0.1) is 12.3 Å². The topological polar surface area (TPSA) is 112 Å². The van der Waals surface area contributed by atoms with E-state index in [1.54, 1.807) is 17.0 Å². The van der Waals surface area contributed by atoms with Gasteiger partial charge in [-0.05, 0) is 47.7 Å². The third kappa shape index (κ3) is 4.55. The molecule has 0 saturated heterocycles. The van der Waals surface area contributed by atoms with Crippen molar-refractivity contribution in [1.82, 2.24) is 0 Å². The van der Waals surface area contributed by atoms with Crippen LogP contribution in [0.3, 0.4) is 0 Å². The Hall–Kier alpha value is -4.17. The van der Waals surface area contributed by atoms with Crippen LogP contribution >= 0.6 is 0 Å². The Bertz CT molecular complexity index is 1640. The van der Waals surface area contributed by atoms with Gasteiger partial charge in [0.05, 0.1) is 30.4 Å². The number of anilines is 4. The van der Waals surface area contributed by atoms with Crippen molar-refractivity contribution in [3.8, 4) is 0 Å². The van der Waals surface area contributed by atoms with E-state index in [9.17, 15) is 19.5 Å². The van der Waals surface area contributed by atoms with E-state index in [2.05, 4.69) is 10.6 Å². The molecule has 0 unspecified atom stereocenters. The van der Waals surface area contributed by atoms with Crippen molar-refractivity contribution in [1.29, 1.82) is 0 Å². The summed E-state index contributed by atoms with van der Waals surface area (Å²) in [6.45, 7) is 10.2. The van der Waals surface area contributed by atoms with Gasteiger partial charge < -0.3 is 25.1 Å². The zero-order valence-corrected chi connectivity index (χ0v) is 22.8. The van der Waals surface area contributed by atoms with Crippen LogP contribution in [0.2, 0.25) is 0 Å². The van der Waals surface area contributed by atoms with Gasteiger partial charge in [0.15, 0.2) is 0 Å². The molecule has 0 bridgehead atoms. The number of carbonyl (C=O) groups is 1. The molecule has 1 atom stereocenters. The average molecular weight is 528 g/mol. The second-order valence-corrected chi connectivity index (χ2v) is 11.1. The van der Waals surface area contributed by atoms with Gasteiger partial charge in [-0.3, -0.25) is 14.4 Å². The highest BCUT2D eigenvalue weighted by atomic mass is 16.3. The second-order valence-electron chi connectivity index (χ2n) is 11.1. The number of nitrogens with one attached hydrogen (secondary N) is 2. The molecule has 1 aliphatic heterocycles. The molecule has 0 aliphatic carbocycles. The van der Waals surface area contributed by atoms with Crippen molar-refractivity contribution in [3.05, 3.63) is 103 Å². The molecule has 8 nitrogen and oxygen atoms in total. The number of amides is 1. The lowest BCUT2D eigenvalue weighted by molar-refractivity contribution is 0.0997. The molecule has 0 spiro atoms. The third-order valence-corrected chi connectivity index (χ3v) is 7.42. The summed E-state index contributed by atoms with van der Waals surface area (Å²) < 4.78 is 6.00. The molecule has 39 heavy (non-hydrogen) atoms. The lowest BCUT2D eigenvalue weighted by Gasteiger charge is -2.31. The molecule has 202 valence electrons. The van der Waals surface area contributed by atoms with Crippen molar-refractivity contribution < 1.29 is 14.3 Å². The largest absolute Gasteiger partial charge is 0.464 e. The van der Waals surface area contributed by atoms with Crippen molar-refractivity contribution in [2.45, 2.75) is 60.2 Å². The lowest BCUT2D eigenvalue weighted by Crippen LogP contribution is -2.39. The normalized spacial score (nSPS) is 14.1. The number of furan rings is 1. The van der Waals surface area contributed by atoms with Crippen LogP contribution in [0.4, 0.5) is 22.7 Å². The number of aliphatic hydroxyl groups excluding tert-OH is 1. The predicted octanol–water partition coefficient (Wildman–Crippen LogP) is 5.34. The number of aryl methyl sites for hydroxylation is 2. The van der Waals surface area contributed by atoms with Gasteiger partial charge in [0.2, 0.25) is 0 Å². The Morgan fingerprint density at radius 2 is 1.72 bits per heavy atom. The first-order valence-electron chi connectivity index (χ1n) is 13.1. The highest BCUT2D eigenvalue weighted by Crippen LogP contribution is 2.40. The van der Waals surface area contributed by atoms with E-state index in [1.165, 1.54) is 0 Å². The molecule has 0 radical (unpaired) electrons. The van der Waals surface area contributed by atoms with Crippen LogP contribution in [0.1, 0.15) is 72.3 Å². The summed E-state index contributed by atoms with van der Waals surface area (Å²) in [7, 11) is 0. The van der Waals surface area contributed by atoms with E-state index in [0.29, 0.717) is 34.8 Å². The maximum atomic E-state index is 13.7. The molecule has 1 aromatic heterocycles. The Morgan fingerprint density at radius 1 is 1.00 bits per heavy atom. The van der Waals surface area contributed by atoms with Gasteiger partial charge in [-0.15, -0.1) is 0 Å². The molecule has 1 amide bonds. The van der Waals surface area contributed by atoms with E-state index in [1.807, 2.05) is 71.0 Å². The summed E-state index contributed by atoms with van der Waals surface area (Å²) in [6, 6.07) is 14.3. The first-order valence-corrected chi connectivity index (χ1v) is 13.1. The van der Waals surface area contributed by atoms with Crippen molar-refractivity contribution in [3.63, 3.8) is 0 Å². The SMILES string of the molecule is CCc1ccc([C@H](Nc2c(Nc3ccc(C)c4c3C(=O)N(c3ccccc3CO)C4)c(=O)c2=O)C(C)(C)C)o1. The van der Waals surface area contributed by atoms with E-state index in [-0.39, 0.29) is 35.3 Å². The molecule has 1 aliphatic rings. The molecular formula is C31H33N3O5. The number of nitrogens with zero attached hydrogens (tertiary/aromatic N) is 1. The Labute approximate surface area is 227 Å². The summed E-state index contributed by atoms with van der Waals surface area (Å²) in [5.41, 5.74) is 2.70. The minimum absolute atomic E-state index is 0.129. The van der Waals surface area contributed by atoms with Crippen LogP contribution in [-0.4, -0.2) is 11.0 Å². The lowest BCUT2D eigenvalue weighted by atomic mass is 9.84. The van der Waals surface area contributed by atoms with Crippen LogP contribution in [0.5, 0.6) is 0 Å². The highest BCUT2D eigenvalue weighted by molar-refractivity contribution is 6.14. The quantitative estimate of drug-likeness (QED) is 0.265. The number of carbonyl (C=O) groups excluding carboxylic acids is 1. The predicted molar refractivity (Wildman–Crippen MR) is 153 cm³/mol. The maximum absolute atomic E-state index is 13.7. The third-order valence-electron chi connectivity index (χ3n) is 7.42. The van der Waals surface area contributed by atoms with Gasteiger partial charge in [0, 0.05) is 17.7 Å². The van der Waals surface area contributed by atoms with Crippen molar-refractivity contribution in [2.75, 3.05) is 15.5 Å². The fraction of sp³-hybridized carbons (Fsp3) is 0.323. The monoisotopic (exact) mass is 527 g/mol. The van der Waals surface area contributed by atoms with E-state index < -0.39 is 10.9 Å². The fourth-order valence-corrected chi connectivity index (χ4v) is 5.15. The number of para-hydroxylation sites is 1. The number of benzene rings is 2. The van der Waals surface area contributed by atoms with Crippen LogP contribution < -0.4 is 26.4 Å². The van der Waals surface area contributed by atoms with Crippen LogP contribution in [0.15, 0.2) is 62.5 Å². The van der Waals surface area contributed by atoms with Crippen molar-refractivity contribution in [2.24, 2.45) is 5.41 Å². The first-order chi connectivity index (χ1) is 18.5. The minimum Gasteiger partial charge on any atom is -0.464 e. The fourth-order valence-electron chi connectivity index (χ4n) is 5.15. The van der Waals surface area contributed by atoms with Crippen LogP contribution in [-0.2, 0) is 19.6 Å². The average Bonchev–Trinajstić information content (AvgIpc) is 3.53. The van der Waals surface area contributed by atoms with Gasteiger partial charge in [-0.25, -0.2) is 0 Å². The number of hydrogen-bond donors (Lipinski definition) is 3. The minimum atomic E-state index is -0.638. The van der Waals surface area contributed by atoms with Gasteiger partial charge in [-0.1, -0.05) is 52.0 Å². The standard InChI is InChI=1S/C31H33N3O5/c1-6-19-12-14-23(39-19)29(31(3,4)5)33-26-25(27(36)28(26)37)32-21-13-11-17(2)20-15-34(30(38)24(20)21)22-10-8-7-9-18(22)16-35/h7-14,29,32-33,35H,6,15-16H2,1-5H3/t29-/m0/s1. The number of hydrogen-bond acceptors (Lipinski definition) is 7. The molecule has 0 saturated carbocycles. The van der Waals surface area contributed by atoms with E-state index >= 15 is 0 Å². The molecule has 3 aromatic carbocycles. The van der Waals surface area contributed by atoms with Gasteiger partial charge in [0.25, 0.3) is 16.8 Å². The number of fused-ring (bicyclic) bond motifs is 1.